The average molecular weight is 254 g/mol. The minimum Gasteiger partial charge on any atom is -0.0984 e. The van der Waals surface area contributed by atoms with Crippen molar-refractivity contribution in [3.05, 3.63) is 78.9 Å². The molecule has 4 aromatic rings. The number of rotatable bonds is 1. The summed E-state index contributed by atoms with van der Waals surface area (Å²) in [5.74, 6) is 0. The van der Waals surface area contributed by atoms with Crippen LogP contribution in [0.25, 0.3) is 38.4 Å². The number of hydrogen-bond donors (Lipinski definition) is 0. The first-order chi connectivity index (χ1) is 9.86. The van der Waals surface area contributed by atoms with Crippen LogP contribution in [0.15, 0.2) is 73.3 Å². The van der Waals surface area contributed by atoms with Crippen molar-refractivity contribution < 1.29 is 0 Å². The lowest BCUT2D eigenvalue weighted by Crippen LogP contribution is -1.83. The molecule has 0 aliphatic heterocycles. The third-order valence-electron chi connectivity index (χ3n) is 3.98. The van der Waals surface area contributed by atoms with E-state index in [0.29, 0.717) is 0 Å². The Morgan fingerprint density at radius 2 is 1.20 bits per heavy atom. The third-order valence-corrected chi connectivity index (χ3v) is 3.98. The van der Waals surface area contributed by atoms with Crippen molar-refractivity contribution in [2.24, 2.45) is 0 Å². The summed E-state index contributed by atoms with van der Waals surface area (Å²) in [7, 11) is 0. The van der Waals surface area contributed by atoms with Crippen LogP contribution in [0.3, 0.4) is 0 Å². The molecular formula is C20H14. The predicted octanol–water partition coefficient (Wildman–Crippen LogP) is 5.79. The van der Waals surface area contributed by atoms with Crippen LogP contribution in [0.5, 0.6) is 0 Å². The molecule has 0 bridgehead atoms. The van der Waals surface area contributed by atoms with E-state index >= 15 is 0 Å². The summed E-state index contributed by atoms with van der Waals surface area (Å²) in [4.78, 5) is 0. The second kappa shape index (κ2) is 4.21. The maximum atomic E-state index is 3.97. The fourth-order valence-electron chi connectivity index (χ4n) is 2.98. The molecule has 0 nitrogen and oxygen atoms in total. The molecule has 0 saturated heterocycles. The summed E-state index contributed by atoms with van der Waals surface area (Å²) < 4.78 is 0. The molecular weight excluding hydrogens is 240 g/mol. The lowest BCUT2D eigenvalue weighted by atomic mass is 9.94. The summed E-state index contributed by atoms with van der Waals surface area (Å²) in [6.07, 6.45) is 1.95. The molecule has 94 valence electrons. The van der Waals surface area contributed by atoms with E-state index in [2.05, 4.69) is 73.3 Å². The molecule has 0 heterocycles. The van der Waals surface area contributed by atoms with Gasteiger partial charge in [0.25, 0.3) is 0 Å². The average Bonchev–Trinajstić information content (AvgIpc) is 2.52. The lowest BCUT2D eigenvalue weighted by Gasteiger charge is -2.09. The molecule has 0 aliphatic carbocycles. The molecule has 0 unspecified atom stereocenters. The number of benzene rings is 4. The molecule has 0 aromatic heterocycles. The Balaban J connectivity index is 2.31. The van der Waals surface area contributed by atoms with Gasteiger partial charge in [0.1, 0.15) is 0 Å². The van der Waals surface area contributed by atoms with Crippen molar-refractivity contribution in [2.75, 3.05) is 0 Å². The van der Waals surface area contributed by atoms with Crippen LogP contribution >= 0.6 is 0 Å². The molecule has 4 rings (SSSR count). The summed E-state index contributed by atoms with van der Waals surface area (Å²) >= 11 is 0. The maximum absolute atomic E-state index is 3.97. The van der Waals surface area contributed by atoms with Crippen molar-refractivity contribution in [3.63, 3.8) is 0 Å². The Morgan fingerprint density at radius 1 is 0.600 bits per heavy atom. The van der Waals surface area contributed by atoms with E-state index in [-0.39, 0.29) is 0 Å². The molecule has 4 aromatic carbocycles. The maximum Gasteiger partial charge on any atom is -0.00930 e. The molecule has 0 aliphatic rings. The summed E-state index contributed by atoms with van der Waals surface area (Å²) in [5, 5.41) is 7.71. The zero-order valence-corrected chi connectivity index (χ0v) is 11.1. The van der Waals surface area contributed by atoms with Crippen LogP contribution in [0, 0.1) is 0 Å². The SMILES string of the molecule is C=Cc1cc2ccccc2c2cc3ccccc3cc12. The van der Waals surface area contributed by atoms with Crippen LogP contribution in [0.1, 0.15) is 5.56 Å². The molecule has 0 atom stereocenters. The van der Waals surface area contributed by atoms with Crippen LogP contribution in [-0.4, -0.2) is 0 Å². The highest BCUT2D eigenvalue weighted by Gasteiger charge is 2.06. The second-order valence-corrected chi connectivity index (χ2v) is 5.14. The van der Waals surface area contributed by atoms with Crippen molar-refractivity contribution >= 4 is 38.4 Å². The minimum atomic E-state index is 1.20. The smallest absolute Gasteiger partial charge is 0.00930 e. The van der Waals surface area contributed by atoms with Gasteiger partial charge in [-0.05, 0) is 56.1 Å². The first-order valence-corrected chi connectivity index (χ1v) is 6.83. The third kappa shape index (κ3) is 1.55. The Morgan fingerprint density at radius 3 is 1.90 bits per heavy atom. The predicted molar refractivity (Wildman–Crippen MR) is 89.1 cm³/mol. The van der Waals surface area contributed by atoms with Gasteiger partial charge in [-0.3, -0.25) is 0 Å². The minimum absolute atomic E-state index is 1.20. The normalized spacial score (nSPS) is 11.2. The lowest BCUT2D eigenvalue weighted by molar-refractivity contribution is 1.75. The van der Waals surface area contributed by atoms with Gasteiger partial charge in [0.15, 0.2) is 0 Å². The Bertz CT molecular complexity index is 961. The van der Waals surface area contributed by atoms with Gasteiger partial charge in [0.2, 0.25) is 0 Å². The monoisotopic (exact) mass is 254 g/mol. The van der Waals surface area contributed by atoms with E-state index in [1.165, 1.54) is 37.9 Å². The van der Waals surface area contributed by atoms with Gasteiger partial charge in [-0.1, -0.05) is 61.2 Å². The van der Waals surface area contributed by atoms with Gasteiger partial charge >= 0.3 is 0 Å². The zero-order chi connectivity index (χ0) is 13.5. The molecule has 0 heteroatoms. The summed E-state index contributed by atoms with van der Waals surface area (Å²) in [5.41, 5.74) is 1.20. The zero-order valence-electron chi connectivity index (χ0n) is 11.1. The van der Waals surface area contributed by atoms with Crippen molar-refractivity contribution in [2.45, 2.75) is 0 Å². The first kappa shape index (κ1) is 11.2. The van der Waals surface area contributed by atoms with Gasteiger partial charge < -0.3 is 0 Å². The largest absolute Gasteiger partial charge is 0.0984 e. The fraction of sp³-hybridized carbons (Fsp3) is 0. The number of fused-ring (bicyclic) bond motifs is 4. The Hall–Kier alpha value is -2.60. The molecule has 0 spiro atoms. The Kier molecular flexibility index (Phi) is 2.37. The van der Waals surface area contributed by atoms with E-state index in [0.717, 1.165) is 0 Å². The van der Waals surface area contributed by atoms with Crippen molar-refractivity contribution in [3.8, 4) is 0 Å². The summed E-state index contributed by atoms with van der Waals surface area (Å²) in [6, 6.07) is 23.8. The van der Waals surface area contributed by atoms with Gasteiger partial charge in [-0.25, -0.2) is 0 Å². The van der Waals surface area contributed by atoms with Crippen LogP contribution in [0.2, 0.25) is 0 Å². The van der Waals surface area contributed by atoms with Crippen molar-refractivity contribution in [1.82, 2.24) is 0 Å². The standard InChI is InChI=1S/C20H14/c1-2-14-11-17-9-5-6-10-18(17)20-13-16-8-4-3-7-15(16)12-19(14)20/h2-13H,1H2. The molecule has 0 amide bonds. The molecule has 20 heavy (non-hydrogen) atoms. The highest BCUT2D eigenvalue weighted by molar-refractivity contribution is 6.14. The van der Waals surface area contributed by atoms with Gasteiger partial charge in [-0.15, -0.1) is 0 Å². The first-order valence-electron chi connectivity index (χ1n) is 6.83. The van der Waals surface area contributed by atoms with E-state index in [1.807, 2.05) is 6.08 Å². The highest BCUT2D eigenvalue weighted by atomic mass is 14.1. The van der Waals surface area contributed by atoms with E-state index in [4.69, 9.17) is 0 Å². The van der Waals surface area contributed by atoms with E-state index < -0.39 is 0 Å². The van der Waals surface area contributed by atoms with Crippen LogP contribution in [0.4, 0.5) is 0 Å². The topological polar surface area (TPSA) is 0 Å². The molecule has 0 fully saturated rings. The van der Waals surface area contributed by atoms with E-state index in [9.17, 15) is 0 Å². The highest BCUT2D eigenvalue weighted by Crippen LogP contribution is 2.32. The van der Waals surface area contributed by atoms with E-state index in [1.54, 1.807) is 0 Å². The second-order valence-electron chi connectivity index (χ2n) is 5.14. The van der Waals surface area contributed by atoms with Crippen molar-refractivity contribution in [1.29, 1.82) is 0 Å². The molecule has 0 saturated carbocycles. The number of hydrogen-bond acceptors (Lipinski definition) is 0. The van der Waals surface area contributed by atoms with Gasteiger partial charge in [0, 0.05) is 0 Å². The van der Waals surface area contributed by atoms with Crippen LogP contribution < -0.4 is 0 Å². The fourth-order valence-corrected chi connectivity index (χ4v) is 2.98. The van der Waals surface area contributed by atoms with Gasteiger partial charge in [-0.2, -0.15) is 0 Å². The van der Waals surface area contributed by atoms with Gasteiger partial charge in [0.05, 0.1) is 0 Å². The Labute approximate surface area is 118 Å². The quantitative estimate of drug-likeness (QED) is 0.298. The molecule has 0 N–H and O–H groups in total. The van der Waals surface area contributed by atoms with Crippen LogP contribution in [-0.2, 0) is 0 Å². The summed E-state index contributed by atoms with van der Waals surface area (Å²) in [6.45, 7) is 3.97. The molecule has 0 radical (unpaired) electrons.